The summed E-state index contributed by atoms with van der Waals surface area (Å²) in [6.45, 7) is 1.92. The average molecular weight is 398 g/mol. The Hall–Kier alpha value is -3.46. The van der Waals surface area contributed by atoms with E-state index in [4.69, 9.17) is 0 Å². The van der Waals surface area contributed by atoms with Gasteiger partial charge in [0.05, 0.1) is 15.5 Å². The van der Waals surface area contributed by atoms with Crippen LogP contribution >= 0.6 is 0 Å². The van der Waals surface area contributed by atoms with Gasteiger partial charge >= 0.3 is 0 Å². The molecular weight excluding hydrogens is 380 g/mol. The number of nitro groups is 1. The van der Waals surface area contributed by atoms with Crippen molar-refractivity contribution in [3.8, 4) is 0 Å². The Labute approximate surface area is 162 Å². The number of aryl methyl sites for hydroxylation is 1. The predicted molar refractivity (Wildman–Crippen MR) is 107 cm³/mol. The van der Waals surface area contributed by atoms with Gasteiger partial charge in [0, 0.05) is 12.1 Å². The number of para-hydroxylation sites is 1. The maximum atomic E-state index is 12.6. The average Bonchev–Trinajstić information content (AvgIpc) is 2.67. The highest BCUT2D eigenvalue weighted by atomic mass is 32.2. The van der Waals surface area contributed by atoms with E-state index in [0.717, 1.165) is 0 Å². The van der Waals surface area contributed by atoms with E-state index in [0.29, 0.717) is 22.6 Å². The second-order valence-electron chi connectivity index (χ2n) is 6.04. The van der Waals surface area contributed by atoms with E-state index in [-0.39, 0.29) is 17.1 Å². The number of benzene rings is 2. The number of aromatic nitrogens is 1. The molecule has 0 fully saturated rings. The topological polar surface area (TPSA) is 114 Å². The summed E-state index contributed by atoms with van der Waals surface area (Å²) in [4.78, 5) is 14.6. The molecule has 0 atom stereocenters. The second kappa shape index (κ2) is 8.05. The minimum Gasteiger partial charge on any atom is -0.366 e. The van der Waals surface area contributed by atoms with Crippen LogP contribution < -0.4 is 10.0 Å². The van der Waals surface area contributed by atoms with Crippen LogP contribution in [0.2, 0.25) is 0 Å². The molecule has 9 heteroatoms. The van der Waals surface area contributed by atoms with Crippen LogP contribution in [0, 0.1) is 17.0 Å². The second-order valence-corrected chi connectivity index (χ2v) is 7.72. The molecule has 0 saturated carbocycles. The van der Waals surface area contributed by atoms with Gasteiger partial charge < -0.3 is 5.32 Å². The summed E-state index contributed by atoms with van der Waals surface area (Å²) >= 11 is 0. The minimum absolute atomic E-state index is 0.0541. The van der Waals surface area contributed by atoms with Gasteiger partial charge in [-0.2, -0.15) is 0 Å². The Bertz CT molecular complexity index is 1100. The number of anilines is 2. The molecule has 0 unspecified atom stereocenters. The van der Waals surface area contributed by atoms with Crippen LogP contribution in [0.15, 0.2) is 71.8 Å². The van der Waals surface area contributed by atoms with Crippen LogP contribution in [0.4, 0.5) is 17.2 Å². The zero-order chi connectivity index (χ0) is 20.1. The Balaban J connectivity index is 1.78. The Morgan fingerprint density at radius 3 is 2.43 bits per heavy atom. The summed E-state index contributed by atoms with van der Waals surface area (Å²) < 4.78 is 27.7. The van der Waals surface area contributed by atoms with Crippen molar-refractivity contribution in [3.63, 3.8) is 0 Å². The van der Waals surface area contributed by atoms with Crippen molar-refractivity contribution in [2.75, 3.05) is 10.0 Å². The summed E-state index contributed by atoms with van der Waals surface area (Å²) in [6.07, 6.45) is 1.20. The first-order chi connectivity index (χ1) is 13.4. The van der Waals surface area contributed by atoms with Gasteiger partial charge in [-0.25, -0.2) is 13.4 Å². The number of rotatable bonds is 7. The monoisotopic (exact) mass is 398 g/mol. The zero-order valence-corrected chi connectivity index (χ0v) is 15.8. The molecule has 0 saturated heterocycles. The van der Waals surface area contributed by atoms with Crippen LogP contribution in [-0.2, 0) is 16.6 Å². The molecule has 3 aromatic rings. The van der Waals surface area contributed by atoms with Crippen molar-refractivity contribution < 1.29 is 13.3 Å². The van der Waals surface area contributed by atoms with Crippen LogP contribution in [0.5, 0.6) is 0 Å². The molecule has 8 nitrogen and oxygen atoms in total. The van der Waals surface area contributed by atoms with E-state index in [9.17, 15) is 18.5 Å². The van der Waals surface area contributed by atoms with Gasteiger partial charge in [-0.3, -0.25) is 14.8 Å². The maximum Gasteiger partial charge on any atom is 0.290 e. The third-order valence-electron chi connectivity index (χ3n) is 4.06. The van der Waals surface area contributed by atoms with Gasteiger partial charge in [-0.15, -0.1) is 0 Å². The molecule has 0 spiro atoms. The number of nitrogens with one attached hydrogen (secondary N) is 2. The van der Waals surface area contributed by atoms with Crippen molar-refractivity contribution >= 4 is 27.2 Å². The number of nitrogens with zero attached hydrogens (tertiary/aromatic N) is 2. The van der Waals surface area contributed by atoms with Crippen LogP contribution in [0.1, 0.15) is 11.1 Å². The predicted octanol–water partition coefficient (Wildman–Crippen LogP) is 3.71. The minimum atomic E-state index is -3.71. The molecule has 0 aliphatic carbocycles. The Kier molecular flexibility index (Phi) is 5.55. The fourth-order valence-corrected chi connectivity index (χ4v) is 3.72. The van der Waals surface area contributed by atoms with E-state index in [2.05, 4.69) is 15.0 Å². The highest BCUT2D eigenvalue weighted by molar-refractivity contribution is 7.92. The van der Waals surface area contributed by atoms with Gasteiger partial charge in [0.1, 0.15) is 12.0 Å². The van der Waals surface area contributed by atoms with Crippen molar-refractivity contribution in [1.82, 2.24) is 4.98 Å². The summed E-state index contributed by atoms with van der Waals surface area (Å²) in [6, 6.07) is 16.7. The van der Waals surface area contributed by atoms with E-state index >= 15 is 0 Å². The lowest BCUT2D eigenvalue weighted by Crippen LogP contribution is -2.15. The first-order valence-electron chi connectivity index (χ1n) is 8.37. The molecule has 3 rings (SSSR count). The van der Waals surface area contributed by atoms with Crippen LogP contribution in [0.3, 0.4) is 0 Å². The van der Waals surface area contributed by atoms with Crippen molar-refractivity contribution in [2.24, 2.45) is 0 Å². The van der Waals surface area contributed by atoms with Gasteiger partial charge in [0.2, 0.25) is 0 Å². The molecular formula is C19H18N4O4S. The number of sulfonamides is 1. The van der Waals surface area contributed by atoms with E-state index < -0.39 is 14.9 Å². The molecule has 0 bridgehead atoms. The lowest BCUT2D eigenvalue weighted by Gasteiger charge is -2.13. The molecule has 2 N–H and O–H groups in total. The smallest absolute Gasteiger partial charge is 0.290 e. The standard InChI is InChI=1S/C19H18N4O4S/c1-14-11-19(21-13-18(14)23(24)25)20-12-15-7-5-6-10-17(15)22-28(26,27)16-8-3-2-4-9-16/h2-11,13,22H,12H2,1H3,(H,20,21). The third-order valence-corrected chi connectivity index (χ3v) is 5.44. The van der Waals surface area contributed by atoms with Gasteiger partial charge in [0.25, 0.3) is 15.7 Å². The quantitative estimate of drug-likeness (QED) is 0.463. The Morgan fingerprint density at radius 1 is 1.07 bits per heavy atom. The SMILES string of the molecule is Cc1cc(NCc2ccccc2NS(=O)(=O)c2ccccc2)ncc1[N+](=O)[O-]. The fraction of sp³-hybridized carbons (Fsp3) is 0.105. The molecule has 0 aliphatic heterocycles. The molecule has 0 radical (unpaired) electrons. The molecule has 28 heavy (non-hydrogen) atoms. The molecule has 0 amide bonds. The first kappa shape index (κ1) is 19.3. The highest BCUT2D eigenvalue weighted by Crippen LogP contribution is 2.22. The molecule has 1 aromatic heterocycles. The van der Waals surface area contributed by atoms with Crippen molar-refractivity contribution in [3.05, 3.63) is 88.1 Å². The first-order valence-corrected chi connectivity index (χ1v) is 9.86. The van der Waals surface area contributed by atoms with Gasteiger partial charge in [-0.1, -0.05) is 36.4 Å². The van der Waals surface area contributed by atoms with E-state index in [1.807, 2.05) is 0 Å². The lowest BCUT2D eigenvalue weighted by molar-refractivity contribution is -0.385. The zero-order valence-electron chi connectivity index (χ0n) is 15.0. The highest BCUT2D eigenvalue weighted by Gasteiger charge is 2.16. The third kappa shape index (κ3) is 4.44. The largest absolute Gasteiger partial charge is 0.366 e. The van der Waals surface area contributed by atoms with Crippen LogP contribution in [0.25, 0.3) is 0 Å². The number of hydrogen-bond acceptors (Lipinski definition) is 6. The molecule has 2 aromatic carbocycles. The molecule has 144 valence electrons. The van der Waals surface area contributed by atoms with E-state index in [1.54, 1.807) is 55.5 Å². The van der Waals surface area contributed by atoms with Gasteiger partial charge in [0.15, 0.2) is 0 Å². The molecule has 1 heterocycles. The number of pyridine rings is 1. The Morgan fingerprint density at radius 2 is 1.75 bits per heavy atom. The summed E-state index contributed by atoms with van der Waals surface area (Å²) in [5, 5.41) is 14.0. The fourth-order valence-electron chi connectivity index (χ4n) is 2.60. The lowest BCUT2D eigenvalue weighted by atomic mass is 10.2. The summed E-state index contributed by atoms with van der Waals surface area (Å²) in [5.41, 5.74) is 1.58. The van der Waals surface area contributed by atoms with E-state index in [1.165, 1.54) is 18.3 Å². The van der Waals surface area contributed by atoms with Crippen molar-refractivity contribution in [1.29, 1.82) is 0 Å². The summed E-state index contributed by atoms with van der Waals surface area (Å²) in [7, 11) is -3.71. The normalized spacial score (nSPS) is 11.0. The number of hydrogen-bond donors (Lipinski definition) is 2. The summed E-state index contributed by atoms with van der Waals surface area (Å²) in [5.74, 6) is 0.462. The van der Waals surface area contributed by atoms with Crippen LogP contribution in [-0.4, -0.2) is 18.3 Å². The van der Waals surface area contributed by atoms with Gasteiger partial charge in [-0.05, 0) is 36.8 Å². The maximum absolute atomic E-state index is 12.6. The molecule has 0 aliphatic rings. The van der Waals surface area contributed by atoms with Crippen molar-refractivity contribution in [2.45, 2.75) is 18.4 Å².